The van der Waals surface area contributed by atoms with Gasteiger partial charge in [0.15, 0.2) is 0 Å². The number of hydrogen-bond acceptors (Lipinski definition) is 2. The summed E-state index contributed by atoms with van der Waals surface area (Å²) in [7, 11) is 0. The van der Waals surface area contributed by atoms with Crippen LogP contribution in [0.5, 0.6) is 0 Å². The van der Waals surface area contributed by atoms with E-state index in [0.29, 0.717) is 5.56 Å². The van der Waals surface area contributed by atoms with Crippen LogP contribution < -0.4 is 0 Å². The van der Waals surface area contributed by atoms with E-state index in [1.807, 2.05) is 6.92 Å². The number of nitrogens with zero attached hydrogens (tertiary/aromatic N) is 2. The van der Waals surface area contributed by atoms with Gasteiger partial charge in [0.2, 0.25) is 0 Å². The Hall–Kier alpha value is -1.91. The van der Waals surface area contributed by atoms with Crippen molar-refractivity contribution in [3.63, 3.8) is 0 Å². The summed E-state index contributed by atoms with van der Waals surface area (Å²) in [5, 5.41) is 0. The van der Waals surface area contributed by atoms with Gasteiger partial charge in [-0.25, -0.2) is 4.98 Å². The molecule has 0 amide bonds. The second-order valence-electron chi connectivity index (χ2n) is 3.59. The highest BCUT2D eigenvalue weighted by Crippen LogP contribution is 2.29. The summed E-state index contributed by atoms with van der Waals surface area (Å²) in [5.41, 5.74) is 0.755. The molecule has 0 fully saturated rings. The zero-order chi connectivity index (χ0) is 12.5. The third kappa shape index (κ3) is 2.61. The van der Waals surface area contributed by atoms with E-state index in [-0.39, 0.29) is 5.69 Å². The van der Waals surface area contributed by atoms with Gasteiger partial charge in [0, 0.05) is 17.5 Å². The Morgan fingerprint density at radius 1 is 1.06 bits per heavy atom. The number of pyridine rings is 2. The number of hydrogen-bond donors (Lipinski definition) is 0. The van der Waals surface area contributed by atoms with Gasteiger partial charge in [-0.05, 0) is 31.2 Å². The molecule has 0 aliphatic rings. The fourth-order valence-corrected chi connectivity index (χ4v) is 1.37. The molecule has 0 spiro atoms. The Bertz CT molecular complexity index is 518. The van der Waals surface area contributed by atoms with Crippen LogP contribution in [-0.4, -0.2) is 9.97 Å². The first-order valence-electron chi connectivity index (χ1n) is 4.94. The van der Waals surface area contributed by atoms with Crippen LogP contribution in [0.3, 0.4) is 0 Å². The SMILES string of the molecule is Cc1ccc(-c2cccc(C(F)(F)F)n2)cn1. The molecular formula is C12H9F3N2. The Kier molecular flexibility index (Phi) is 2.83. The fourth-order valence-electron chi connectivity index (χ4n) is 1.37. The summed E-state index contributed by atoms with van der Waals surface area (Å²) in [6.45, 7) is 1.81. The lowest BCUT2D eigenvalue weighted by atomic mass is 10.1. The smallest absolute Gasteiger partial charge is 0.261 e. The van der Waals surface area contributed by atoms with Crippen LogP contribution in [0.1, 0.15) is 11.4 Å². The average Bonchev–Trinajstić information content (AvgIpc) is 2.29. The van der Waals surface area contributed by atoms with E-state index >= 15 is 0 Å². The van der Waals surface area contributed by atoms with Gasteiger partial charge in [-0.2, -0.15) is 13.2 Å². The molecular weight excluding hydrogens is 229 g/mol. The van der Waals surface area contributed by atoms with Crippen molar-refractivity contribution in [1.29, 1.82) is 0 Å². The molecule has 0 saturated heterocycles. The molecule has 0 aliphatic heterocycles. The number of aryl methyl sites for hydroxylation is 1. The van der Waals surface area contributed by atoms with Gasteiger partial charge in [-0.3, -0.25) is 4.98 Å². The minimum atomic E-state index is -4.42. The first kappa shape index (κ1) is 11.6. The second kappa shape index (κ2) is 4.16. The van der Waals surface area contributed by atoms with Crippen LogP contribution in [0.4, 0.5) is 13.2 Å². The Morgan fingerprint density at radius 2 is 1.82 bits per heavy atom. The van der Waals surface area contributed by atoms with Crippen molar-refractivity contribution in [2.24, 2.45) is 0 Å². The maximum absolute atomic E-state index is 12.5. The molecule has 2 aromatic rings. The van der Waals surface area contributed by atoms with Crippen LogP contribution in [0.2, 0.25) is 0 Å². The maximum atomic E-state index is 12.5. The Labute approximate surface area is 96.2 Å². The molecule has 0 unspecified atom stereocenters. The molecule has 2 aromatic heterocycles. The van der Waals surface area contributed by atoms with E-state index in [1.54, 1.807) is 12.1 Å². The van der Waals surface area contributed by atoms with Crippen LogP contribution in [-0.2, 0) is 6.18 Å². The third-order valence-electron chi connectivity index (χ3n) is 2.25. The molecule has 2 rings (SSSR count). The maximum Gasteiger partial charge on any atom is 0.433 e. The molecule has 0 bridgehead atoms. The van der Waals surface area contributed by atoms with Crippen molar-refractivity contribution in [3.05, 3.63) is 47.9 Å². The predicted octanol–water partition coefficient (Wildman–Crippen LogP) is 3.47. The molecule has 0 atom stereocenters. The highest BCUT2D eigenvalue weighted by molar-refractivity contribution is 5.57. The van der Waals surface area contributed by atoms with Crippen LogP contribution in [0, 0.1) is 6.92 Å². The zero-order valence-electron chi connectivity index (χ0n) is 8.99. The first-order chi connectivity index (χ1) is 7.97. The Balaban J connectivity index is 2.43. The number of aromatic nitrogens is 2. The largest absolute Gasteiger partial charge is 0.433 e. The van der Waals surface area contributed by atoms with Crippen LogP contribution >= 0.6 is 0 Å². The van der Waals surface area contributed by atoms with Crippen molar-refractivity contribution >= 4 is 0 Å². The molecule has 0 aromatic carbocycles. The number of rotatable bonds is 1. The summed E-state index contributed by atoms with van der Waals surface area (Å²) in [5.74, 6) is 0. The van der Waals surface area contributed by atoms with Crippen molar-refractivity contribution in [2.75, 3.05) is 0 Å². The predicted molar refractivity (Wildman–Crippen MR) is 57.2 cm³/mol. The molecule has 5 heteroatoms. The van der Waals surface area contributed by atoms with Gasteiger partial charge in [0.1, 0.15) is 5.69 Å². The van der Waals surface area contributed by atoms with Gasteiger partial charge in [0.25, 0.3) is 0 Å². The van der Waals surface area contributed by atoms with Gasteiger partial charge in [0.05, 0.1) is 5.69 Å². The molecule has 0 radical (unpaired) electrons. The lowest BCUT2D eigenvalue weighted by molar-refractivity contribution is -0.141. The van der Waals surface area contributed by atoms with E-state index in [1.165, 1.54) is 18.3 Å². The van der Waals surface area contributed by atoms with Gasteiger partial charge >= 0.3 is 6.18 Å². The molecule has 2 heterocycles. The molecule has 0 saturated carbocycles. The van der Waals surface area contributed by atoms with Crippen molar-refractivity contribution in [3.8, 4) is 11.3 Å². The number of halogens is 3. The van der Waals surface area contributed by atoms with Gasteiger partial charge in [-0.15, -0.1) is 0 Å². The summed E-state index contributed by atoms with van der Waals surface area (Å²) in [6.07, 6.45) is -2.91. The standard InChI is InChI=1S/C12H9F3N2/c1-8-5-6-9(7-16-8)10-3-2-4-11(17-10)12(13,14)15/h2-7H,1H3. The highest BCUT2D eigenvalue weighted by Gasteiger charge is 2.32. The minimum Gasteiger partial charge on any atom is -0.261 e. The first-order valence-corrected chi connectivity index (χ1v) is 4.94. The van der Waals surface area contributed by atoms with E-state index < -0.39 is 11.9 Å². The minimum absolute atomic E-state index is 0.271. The third-order valence-corrected chi connectivity index (χ3v) is 2.25. The molecule has 0 aliphatic carbocycles. The average molecular weight is 238 g/mol. The second-order valence-corrected chi connectivity index (χ2v) is 3.59. The normalized spacial score (nSPS) is 11.5. The van der Waals surface area contributed by atoms with Gasteiger partial charge < -0.3 is 0 Å². The summed E-state index contributed by atoms with van der Waals surface area (Å²) >= 11 is 0. The lowest BCUT2D eigenvalue weighted by Crippen LogP contribution is -2.08. The van der Waals surface area contributed by atoms with E-state index in [0.717, 1.165) is 11.8 Å². The molecule has 0 N–H and O–H groups in total. The number of alkyl halides is 3. The van der Waals surface area contributed by atoms with Crippen molar-refractivity contribution < 1.29 is 13.2 Å². The monoisotopic (exact) mass is 238 g/mol. The lowest BCUT2D eigenvalue weighted by Gasteiger charge is -2.07. The van der Waals surface area contributed by atoms with Crippen molar-refractivity contribution in [2.45, 2.75) is 13.1 Å². The molecule has 2 nitrogen and oxygen atoms in total. The summed E-state index contributed by atoms with van der Waals surface area (Å²) in [4.78, 5) is 7.61. The fraction of sp³-hybridized carbons (Fsp3) is 0.167. The Morgan fingerprint density at radius 3 is 2.41 bits per heavy atom. The van der Waals surface area contributed by atoms with E-state index in [9.17, 15) is 13.2 Å². The van der Waals surface area contributed by atoms with Gasteiger partial charge in [-0.1, -0.05) is 6.07 Å². The summed E-state index contributed by atoms with van der Waals surface area (Å²) < 4.78 is 37.4. The van der Waals surface area contributed by atoms with Crippen molar-refractivity contribution in [1.82, 2.24) is 9.97 Å². The molecule has 88 valence electrons. The van der Waals surface area contributed by atoms with E-state index in [4.69, 9.17) is 0 Å². The van der Waals surface area contributed by atoms with Crippen LogP contribution in [0.25, 0.3) is 11.3 Å². The zero-order valence-corrected chi connectivity index (χ0v) is 8.99. The van der Waals surface area contributed by atoms with Crippen LogP contribution in [0.15, 0.2) is 36.5 Å². The topological polar surface area (TPSA) is 25.8 Å². The summed E-state index contributed by atoms with van der Waals surface area (Å²) in [6, 6.07) is 7.25. The quantitative estimate of drug-likeness (QED) is 0.760. The highest BCUT2D eigenvalue weighted by atomic mass is 19.4. The molecule has 17 heavy (non-hydrogen) atoms. The van der Waals surface area contributed by atoms with E-state index in [2.05, 4.69) is 9.97 Å².